The highest BCUT2D eigenvalue weighted by Gasteiger charge is 2.40. The summed E-state index contributed by atoms with van der Waals surface area (Å²) >= 11 is 5.87. The first-order chi connectivity index (χ1) is 11.8. The fraction of sp³-hybridized carbons (Fsp3) is 0.625. The molecule has 3 atom stereocenters. The van der Waals surface area contributed by atoms with Crippen molar-refractivity contribution in [3.63, 3.8) is 0 Å². The van der Waals surface area contributed by atoms with Crippen molar-refractivity contribution >= 4 is 22.6 Å². The first-order valence-corrected chi connectivity index (χ1v) is 8.52. The molecule has 5 nitrogen and oxygen atoms in total. The molecule has 0 N–H and O–H groups in total. The number of hydrogen-bond acceptors (Lipinski definition) is 4. The molecule has 25 heavy (non-hydrogen) atoms. The summed E-state index contributed by atoms with van der Waals surface area (Å²) in [6, 6.07) is -0.385. The average Bonchev–Trinajstić information content (AvgIpc) is 2.92. The van der Waals surface area contributed by atoms with Gasteiger partial charge in [0.05, 0.1) is 11.7 Å². The van der Waals surface area contributed by atoms with E-state index in [4.69, 9.17) is 21.1 Å². The summed E-state index contributed by atoms with van der Waals surface area (Å²) in [7, 11) is 0. The lowest BCUT2D eigenvalue weighted by atomic mass is 10.2. The van der Waals surface area contributed by atoms with Crippen molar-refractivity contribution in [2.24, 2.45) is 0 Å². The van der Waals surface area contributed by atoms with Gasteiger partial charge in [0.1, 0.15) is 28.6 Å². The SMILES string of the molecule is CC(n1c([C@@H](C)OC2CCCCO2)nc2cnc(Cl)cc21)C(F)(F)F. The van der Waals surface area contributed by atoms with Crippen LogP contribution in [0.15, 0.2) is 12.3 Å². The first kappa shape index (κ1) is 18.4. The van der Waals surface area contributed by atoms with Crippen molar-refractivity contribution in [2.75, 3.05) is 6.61 Å². The topological polar surface area (TPSA) is 49.2 Å². The van der Waals surface area contributed by atoms with Gasteiger partial charge in [0.2, 0.25) is 0 Å². The zero-order chi connectivity index (χ0) is 18.2. The number of alkyl halides is 3. The summed E-state index contributed by atoms with van der Waals surface area (Å²) in [6.07, 6.45) is -1.52. The van der Waals surface area contributed by atoms with Crippen LogP contribution in [-0.2, 0) is 9.47 Å². The van der Waals surface area contributed by atoms with Crippen LogP contribution in [-0.4, -0.2) is 33.6 Å². The number of imidazole rings is 1. The third kappa shape index (κ3) is 3.91. The molecule has 3 heterocycles. The van der Waals surface area contributed by atoms with Gasteiger partial charge in [-0.1, -0.05) is 11.6 Å². The lowest BCUT2D eigenvalue weighted by molar-refractivity contribution is -0.190. The maximum Gasteiger partial charge on any atom is 0.408 e. The van der Waals surface area contributed by atoms with Gasteiger partial charge >= 0.3 is 6.18 Å². The smallest absolute Gasteiger partial charge is 0.353 e. The van der Waals surface area contributed by atoms with Crippen molar-refractivity contribution in [3.8, 4) is 0 Å². The van der Waals surface area contributed by atoms with E-state index in [2.05, 4.69) is 9.97 Å². The van der Waals surface area contributed by atoms with Gasteiger partial charge < -0.3 is 14.0 Å². The number of halogens is 4. The monoisotopic (exact) mass is 377 g/mol. The summed E-state index contributed by atoms with van der Waals surface area (Å²) in [4.78, 5) is 8.22. The van der Waals surface area contributed by atoms with Crippen LogP contribution in [0.2, 0.25) is 5.15 Å². The molecule has 0 aliphatic carbocycles. The van der Waals surface area contributed by atoms with Crippen LogP contribution < -0.4 is 0 Å². The molecule has 1 fully saturated rings. The van der Waals surface area contributed by atoms with Crippen molar-refractivity contribution in [2.45, 2.75) is 57.7 Å². The Bertz CT molecular complexity index is 744. The van der Waals surface area contributed by atoms with Gasteiger partial charge in [-0.25, -0.2) is 9.97 Å². The molecule has 9 heteroatoms. The van der Waals surface area contributed by atoms with Gasteiger partial charge in [-0.05, 0) is 33.1 Å². The molecule has 1 aliphatic heterocycles. The molecule has 0 aromatic carbocycles. The molecule has 1 aliphatic rings. The molecule has 2 unspecified atom stereocenters. The minimum absolute atomic E-state index is 0.110. The van der Waals surface area contributed by atoms with E-state index in [1.54, 1.807) is 6.92 Å². The van der Waals surface area contributed by atoms with Crippen molar-refractivity contribution in [1.29, 1.82) is 0 Å². The number of pyridine rings is 1. The van der Waals surface area contributed by atoms with E-state index in [0.29, 0.717) is 18.5 Å². The molecule has 0 spiro atoms. The fourth-order valence-electron chi connectivity index (χ4n) is 2.94. The highest BCUT2D eigenvalue weighted by molar-refractivity contribution is 6.29. The molecule has 1 saturated heterocycles. The van der Waals surface area contributed by atoms with E-state index >= 15 is 0 Å². The number of ether oxygens (including phenoxy) is 2. The Labute approximate surface area is 148 Å². The van der Waals surface area contributed by atoms with Crippen LogP contribution in [0.5, 0.6) is 0 Å². The lowest BCUT2D eigenvalue weighted by Gasteiger charge is -2.27. The minimum atomic E-state index is -4.43. The highest BCUT2D eigenvalue weighted by atomic mass is 35.5. The second-order valence-electron chi connectivity index (χ2n) is 6.13. The average molecular weight is 378 g/mol. The Balaban J connectivity index is 2.00. The van der Waals surface area contributed by atoms with Crippen LogP contribution in [0.1, 0.15) is 51.1 Å². The standard InChI is InChI=1S/C16H19ClF3N3O2/c1-9(25-14-5-3-4-6-24-14)15-22-11-8-21-13(17)7-12(11)23(15)10(2)16(18,19)20/h7-10,14H,3-6H2,1-2H3/t9-,10?,14?/m1/s1. The number of aromatic nitrogens is 3. The number of nitrogens with zero attached hydrogens (tertiary/aromatic N) is 3. The van der Waals surface area contributed by atoms with Gasteiger partial charge in [-0.3, -0.25) is 0 Å². The van der Waals surface area contributed by atoms with Gasteiger partial charge in [0, 0.05) is 12.7 Å². The lowest BCUT2D eigenvalue weighted by Crippen LogP contribution is -2.28. The number of fused-ring (bicyclic) bond motifs is 1. The quantitative estimate of drug-likeness (QED) is 0.717. The summed E-state index contributed by atoms with van der Waals surface area (Å²) in [5.41, 5.74) is 0.621. The Hall–Kier alpha value is -1.38. The predicted molar refractivity (Wildman–Crippen MR) is 86.4 cm³/mol. The Morgan fingerprint density at radius 3 is 2.76 bits per heavy atom. The van der Waals surface area contributed by atoms with E-state index in [1.807, 2.05) is 0 Å². The zero-order valence-corrected chi connectivity index (χ0v) is 14.6. The molecular formula is C16H19ClF3N3O2. The minimum Gasteiger partial charge on any atom is -0.353 e. The number of hydrogen-bond donors (Lipinski definition) is 0. The zero-order valence-electron chi connectivity index (χ0n) is 13.9. The van der Waals surface area contributed by atoms with Crippen LogP contribution in [0.3, 0.4) is 0 Å². The van der Waals surface area contributed by atoms with Crippen LogP contribution in [0.25, 0.3) is 11.0 Å². The van der Waals surface area contributed by atoms with Crippen LogP contribution >= 0.6 is 11.6 Å². The maximum absolute atomic E-state index is 13.4. The van der Waals surface area contributed by atoms with E-state index in [0.717, 1.165) is 24.3 Å². The molecule has 0 radical (unpaired) electrons. The molecular weight excluding hydrogens is 359 g/mol. The summed E-state index contributed by atoms with van der Waals surface area (Å²) in [5.74, 6) is 0.179. The molecule has 0 amide bonds. The number of rotatable bonds is 4. The summed E-state index contributed by atoms with van der Waals surface area (Å²) in [5, 5.41) is 0.110. The van der Waals surface area contributed by atoms with E-state index in [9.17, 15) is 13.2 Å². The molecule has 2 aromatic rings. The summed E-state index contributed by atoms with van der Waals surface area (Å²) in [6.45, 7) is 3.35. The second-order valence-corrected chi connectivity index (χ2v) is 6.52. The molecule has 2 aromatic heterocycles. The van der Waals surface area contributed by atoms with Gasteiger partial charge in [-0.2, -0.15) is 13.2 Å². The molecule has 138 valence electrons. The Kier molecular flexibility index (Phi) is 5.22. The molecule has 0 saturated carbocycles. The third-order valence-electron chi connectivity index (χ3n) is 4.29. The van der Waals surface area contributed by atoms with Gasteiger partial charge in [0.25, 0.3) is 0 Å². The van der Waals surface area contributed by atoms with Crippen molar-refractivity contribution in [3.05, 3.63) is 23.2 Å². The maximum atomic E-state index is 13.4. The van der Waals surface area contributed by atoms with Gasteiger partial charge in [0.15, 0.2) is 6.29 Å². The van der Waals surface area contributed by atoms with Crippen LogP contribution in [0, 0.1) is 0 Å². The highest BCUT2D eigenvalue weighted by Crippen LogP contribution is 2.36. The normalized spacial score (nSPS) is 21.4. The van der Waals surface area contributed by atoms with E-state index in [-0.39, 0.29) is 16.5 Å². The van der Waals surface area contributed by atoms with E-state index in [1.165, 1.54) is 12.3 Å². The fourth-order valence-corrected chi connectivity index (χ4v) is 3.09. The first-order valence-electron chi connectivity index (χ1n) is 8.14. The van der Waals surface area contributed by atoms with E-state index < -0.39 is 24.6 Å². The van der Waals surface area contributed by atoms with Crippen molar-refractivity contribution in [1.82, 2.24) is 14.5 Å². The van der Waals surface area contributed by atoms with Crippen molar-refractivity contribution < 1.29 is 22.6 Å². The third-order valence-corrected chi connectivity index (χ3v) is 4.49. The second kappa shape index (κ2) is 7.09. The molecule has 0 bridgehead atoms. The Morgan fingerprint density at radius 2 is 2.12 bits per heavy atom. The van der Waals surface area contributed by atoms with Gasteiger partial charge in [-0.15, -0.1) is 0 Å². The predicted octanol–water partition coefficient (Wildman–Crippen LogP) is 4.81. The Morgan fingerprint density at radius 1 is 1.36 bits per heavy atom. The van der Waals surface area contributed by atoms with Crippen LogP contribution in [0.4, 0.5) is 13.2 Å². The largest absolute Gasteiger partial charge is 0.408 e. The molecule has 3 rings (SSSR count). The summed E-state index contributed by atoms with van der Waals surface area (Å²) < 4.78 is 52.6.